The third kappa shape index (κ3) is 2.73. The summed E-state index contributed by atoms with van der Waals surface area (Å²) < 4.78 is 7.60. The summed E-state index contributed by atoms with van der Waals surface area (Å²) in [5, 5.41) is 3.72. The SMILES string of the molecule is CNC(=O)c1cccc2[nH]cc([Se]c3ccc(OC)cc3)c12. The second-order valence-corrected chi connectivity index (χ2v) is 7.08. The Bertz CT molecular complexity index is 809. The molecule has 0 saturated carbocycles. The molecule has 112 valence electrons. The molecule has 3 aromatic rings. The molecule has 1 amide bonds. The molecule has 5 heteroatoms. The summed E-state index contributed by atoms with van der Waals surface area (Å²) in [6.07, 6.45) is 2.00. The Hall–Kier alpha value is -2.23. The summed E-state index contributed by atoms with van der Waals surface area (Å²) in [4.78, 5) is 15.3. The second-order valence-electron chi connectivity index (χ2n) is 4.74. The molecule has 3 rings (SSSR count). The normalized spacial score (nSPS) is 10.6. The number of methoxy groups -OCH3 is 1. The Balaban J connectivity index is 2.01. The number of ether oxygens (including phenoxy) is 1. The van der Waals surface area contributed by atoms with E-state index in [9.17, 15) is 4.79 Å². The fraction of sp³-hybridized carbons (Fsp3) is 0.118. The third-order valence-electron chi connectivity index (χ3n) is 3.43. The van der Waals surface area contributed by atoms with Gasteiger partial charge >= 0.3 is 135 Å². The van der Waals surface area contributed by atoms with Gasteiger partial charge in [0.1, 0.15) is 0 Å². The van der Waals surface area contributed by atoms with Crippen LogP contribution in [-0.2, 0) is 0 Å². The number of amides is 1. The number of benzene rings is 2. The van der Waals surface area contributed by atoms with Crippen molar-refractivity contribution < 1.29 is 9.53 Å². The molecule has 0 atom stereocenters. The van der Waals surface area contributed by atoms with Gasteiger partial charge in [0.15, 0.2) is 0 Å². The van der Waals surface area contributed by atoms with Crippen molar-refractivity contribution in [1.82, 2.24) is 10.3 Å². The Morgan fingerprint density at radius 2 is 1.95 bits per heavy atom. The van der Waals surface area contributed by atoms with E-state index in [1.807, 2.05) is 36.5 Å². The first-order valence-corrected chi connectivity index (χ1v) is 8.58. The van der Waals surface area contributed by atoms with Crippen molar-refractivity contribution in [3.8, 4) is 5.75 Å². The quantitative estimate of drug-likeness (QED) is 0.688. The van der Waals surface area contributed by atoms with Gasteiger partial charge in [-0.3, -0.25) is 0 Å². The van der Waals surface area contributed by atoms with E-state index in [2.05, 4.69) is 22.4 Å². The molecule has 0 fully saturated rings. The van der Waals surface area contributed by atoms with Crippen LogP contribution in [-0.4, -0.2) is 40.0 Å². The number of fused-ring (bicyclic) bond motifs is 1. The van der Waals surface area contributed by atoms with Crippen LogP contribution in [0.5, 0.6) is 5.75 Å². The van der Waals surface area contributed by atoms with Crippen LogP contribution in [0.4, 0.5) is 0 Å². The molecule has 0 aliphatic heterocycles. The maximum absolute atomic E-state index is 12.1. The number of aromatic nitrogens is 1. The topological polar surface area (TPSA) is 54.1 Å². The molecule has 22 heavy (non-hydrogen) atoms. The van der Waals surface area contributed by atoms with Gasteiger partial charge in [-0.15, -0.1) is 0 Å². The van der Waals surface area contributed by atoms with Gasteiger partial charge in [-0.2, -0.15) is 0 Å². The summed E-state index contributed by atoms with van der Waals surface area (Å²) in [6, 6.07) is 13.8. The van der Waals surface area contributed by atoms with Crippen LogP contribution >= 0.6 is 0 Å². The summed E-state index contributed by atoms with van der Waals surface area (Å²) in [7, 11) is 3.32. The fourth-order valence-electron chi connectivity index (χ4n) is 2.33. The first-order chi connectivity index (χ1) is 10.7. The van der Waals surface area contributed by atoms with Gasteiger partial charge in [-0.25, -0.2) is 0 Å². The van der Waals surface area contributed by atoms with Crippen LogP contribution in [0.15, 0.2) is 48.7 Å². The Morgan fingerprint density at radius 1 is 1.18 bits per heavy atom. The molecule has 0 saturated heterocycles. The van der Waals surface area contributed by atoms with Crippen molar-refractivity contribution >= 4 is 40.7 Å². The minimum absolute atomic E-state index is 0.0584. The van der Waals surface area contributed by atoms with E-state index in [1.165, 1.54) is 8.92 Å². The molecule has 0 aliphatic rings. The molecule has 0 bridgehead atoms. The Kier molecular flexibility index (Phi) is 4.18. The number of carbonyl (C=O) groups excluding carboxylic acids is 1. The number of rotatable bonds is 4. The van der Waals surface area contributed by atoms with Crippen LogP contribution in [0.2, 0.25) is 0 Å². The zero-order valence-electron chi connectivity index (χ0n) is 12.3. The third-order valence-corrected chi connectivity index (χ3v) is 5.63. The molecule has 0 radical (unpaired) electrons. The molecule has 0 aliphatic carbocycles. The van der Waals surface area contributed by atoms with Gasteiger partial charge in [0.05, 0.1) is 0 Å². The van der Waals surface area contributed by atoms with E-state index in [-0.39, 0.29) is 20.9 Å². The number of carbonyl (C=O) groups is 1. The average molecular weight is 359 g/mol. The van der Waals surface area contributed by atoms with Gasteiger partial charge in [-0.1, -0.05) is 0 Å². The summed E-state index contributed by atoms with van der Waals surface area (Å²) >= 11 is 0.120. The number of hydrogen-bond donors (Lipinski definition) is 2. The Labute approximate surface area is 135 Å². The van der Waals surface area contributed by atoms with Gasteiger partial charge < -0.3 is 0 Å². The van der Waals surface area contributed by atoms with Crippen molar-refractivity contribution in [2.45, 2.75) is 0 Å². The minimum atomic E-state index is -0.0584. The van der Waals surface area contributed by atoms with Crippen molar-refractivity contribution in [3.05, 3.63) is 54.2 Å². The van der Waals surface area contributed by atoms with Crippen LogP contribution in [0.25, 0.3) is 10.9 Å². The van der Waals surface area contributed by atoms with Crippen molar-refractivity contribution in [2.24, 2.45) is 0 Å². The Morgan fingerprint density at radius 3 is 2.64 bits per heavy atom. The second kappa shape index (κ2) is 6.26. The number of aromatic amines is 1. The predicted octanol–water partition coefficient (Wildman–Crippen LogP) is 1.19. The molecule has 0 unspecified atom stereocenters. The zero-order valence-corrected chi connectivity index (χ0v) is 14.1. The summed E-state index contributed by atoms with van der Waals surface area (Å²) in [6.45, 7) is 0. The van der Waals surface area contributed by atoms with Crippen LogP contribution in [0, 0.1) is 0 Å². The van der Waals surface area contributed by atoms with Crippen molar-refractivity contribution in [1.29, 1.82) is 0 Å². The van der Waals surface area contributed by atoms with Crippen molar-refractivity contribution in [3.63, 3.8) is 0 Å². The van der Waals surface area contributed by atoms with E-state index >= 15 is 0 Å². The van der Waals surface area contributed by atoms with E-state index in [0.29, 0.717) is 5.56 Å². The van der Waals surface area contributed by atoms with E-state index < -0.39 is 0 Å². The van der Waals surface area contributed by atoms with Crippen LogP contribution in [0.1, 0.15) is 10.4 Å². The van der Waals surface area contributed by atoms with E-state index in [0.717, 1.165) is 16.7 Å². The summed E-state index contributed by atoms with van der Waals surface area (Å²) in [5.74, 6) is 0.793. The number of H-pyrrole nitrogens is 1. The number of hydrogen-bond acceptors (Lipinski definition) is 2. The van der Waals surface area contributed by atoms with Gasteiger partial charge in [0.2, 0.25) is 0 Å². The van der Waals surface area contributed by atoms with Gasteiger partial charge in [-0.05, 0) is 0 Å². The van der Waals surface area contributed by atoms with Crippen molar-refractivity contribution in [2.75, 3.05) is 14.2 Å². The molecular formula is C17H16N2O2Se. The van der Waals surface area contributed by atoms with E-state index in [1.54, 1.807) is 14.2 Å². The molecule has 0 spiro atoms. The average Bonchev–Trinajstić information content (AvgIpc) is 2.98. The predicted molar refractivity (Wildman–Crippen MR) is 89.7 cm³/mol. The van der Waals surface area contributed by atoms with E-state index in [4.69, 9.17) is 4.74 Å². The molecule has 1 heterocycles. The first kappa shape index (κ1) is 14.7. The molecule has 2 N–H and O–H groups in total. The maximum atomic E-state index is 12.1. The standard InChI is InChI=1S/C17H16N2O2Se/c1-18-17(20)13-4-3-5-14-16(13)15(10-19-14)22-12-8-6-11(21-2)7-9-12/h3-10,19H,1-2H3,(H,18,20). The monoisotopic (exact) mass is 360 g/mol. The molecule has 4 nitrogen and oxygen atoms in total. The summed E-state index contributed by atoms with van der Waals surface area (Å²) in [5.41, 5.74) is 1.71. The molecule has 1 aromatic heterocycles. The zero-order chi connectivity index (χ0) is 15.5. The number of nitrogens with one attached hydrogen (secondary N) is 2. The molecular weight excluding hydrogens is 343 g/mol. The van der Waals surface area contributed by atoms with Gasteiger partial charge in [0, 0.05) is 0 Å². The van der Waals surface area contributed by atoms with Gasteiger partial charge in [0.25, 0.3) is 0 Å². The van der Waals surface area contributed by atoms with Crippen LogP contribution in [0.3, 0.4) is 0 Å². The fourth-order valence-corrected chi connectivity index (χ4v) is 4.36. The van der Waals surface area contributed by atoms with Crippen LogP contribution < -0.4 is 19.0 Å². The first-order valence-electron chi connectivity index (χ1n) is 6.87. The molecule has 2 aromatic carbocycles.